The first-order chi connectivity index (χ1) is 11.2. The molecule has 0 aromatic carbocycles. The van der Waals surface area contributed by atoms with Crippen molar-refractivity contribution in [3.05, 3.63) is 47.1 Å². The van der Waals surface area contributed by atoms with Crippen LogP contribution >= 0.6 is 0 Å². The van der Waals surface area contributed by atoms with Crippen molar-refractivity contribution < 1.29 is 14.3 Å². The molecule has 0 aromatic rings. The van der Waals surface area contributed by atoms with Gasteiger partial charge in [-0.05, 0) is 68.2 Å². The number of esters is 1. The van der Waals surface area contributed by atoms with Gasteiger partial charge in [0.25, 0.3) is 0 Å². The molecule has 1 saturated carbocycles. The van der Waals surface area contributed by atoms with Crippen LogP contribution in [-0.2, 0) is 14.3 Å². The van der Waals surface area contributed by atoms with Gasteiger partial charge >= 0.3 is 5.97 Å². The fraction of sp³-hybridized carbons (Fsp3) is 0.571. The van der Waals surface area contributed by atoms with Gasteiger partial charge in [0.15, 0.2) is 0 Å². The first-order valence-electron chi connectivity index (χ1n) is 8.70. The van der Waals surface area contributed by atoms with Crippen molar-refractivity contribution in [1.29, 1.82) is 0 Å². The smallest absolute Gasteiger partial charge is 0.330 e. The van der Waals surface area contributed by atoms with Gasteiger partial charge in [-0.2, -0.15) is 0 Å². The predicted octanol–water partition coefficient (Wildman–Crippen LogP) is 4.90. The van der Waals surface area contributed by atoms with E-state index in [1.807, 2.05) is 19.1 Å². The highest BCUT2D eigenvalue weighted by atomic mass is 16.5. The maximum absolute atomic E-state index is 11.2. The summed E-state index contributed by atoms with van der Waals surface area (Å²) >= 11 is 0. The van der Waals surface area contributed by atoms with Crippen molar-refractivity contribution in [2.45, 2.75) is 65.6 Å². The summed E-state index contributed by atoms with van der Waals surface area (Å²) in [5.41, 5.74) is 3.59. The van der Waals surface area contributed by atoms with Gasteiger partial charge in [0.2, 0.25) is 0 Å². The second-order valence-corrected chi connectivity index (χ2v) is 7.77. The van der Waals surface area contributed by atoms with Gasteiger partial charge in [-0.15, -0.1) is 0 Å². The van der Waals surface area contributed by atoms with Crippen molar-refractivity contribution in [3.8, 4) is 0 Å². The number of methoxy groups -OCH3 is 1. The Balaban J connectivity index is 2.11. The van der Waals surface area contributed by atoms with Crippen LogP contribution in [0.25, 0.3) is 0 Å². The molecule has 0 bridgehead atoms. The van der Waals surface area contributed by atoms with E-state index in [1.54, 1.807) is 0 Å². The minimum atomic E-state index is -0.332. The second-order valence-electron chi connectivity index (χ2n) is 7.77. The highest BCUT2D eigenvalue weighted by molar-refractivity contribution is 5.83. The number of carbonyl (C=O) groups is 1. The lowest BCUT2D eigenvalue weighted by molar-refractivity contribution is -0.134. The number of hydrogen-bond donors (Lipinski definition) is 0. The number of ether oxygens (including phenoxy) is 2. The fourth-order valence-electron chi connectivity index (χ4n) is 3.81. The zero-order valence-corrected chi connectivity index (χ0v) is 15.8. The van der Waals surface area contributed by atoms with Crippen LogP contribution in [0.5, 0.6) is 0 Å². The summed E-state index contributed by atoms with van der Waals surface area (Å²) in [6.07, 6.45) is 13.3. The molecule has 0 spiro atoms. The van der Waals surface area contributed by atoms with Gasteiger partial charge < -0.3 is 9.47 Å². The Morgan fingerprint density at radius 1 is 1.29 bits per heavy atom. The molecule has 132 valence electrons. The summed E-state index contributed by atoms with van der Waals surface area (Å²) in [5, 5.41) is 0. The van der Waals surface area contributed by atoms with Crippen LogP contribution < -0.4 is 0 Å². The van der Waals surface area contributed by atoms with E-state index in [-0.39, 0.29) is 23.1 Å². The van der Waals surface area contributed by atoms with Crippen LogP contribution in [0.3, 0.4) is 0 Å². The molecule has 0 unspecified atom stereocenters. The minimum Gasteiger partial charge on any atom is -0.466 e. The standard InChI is InChI=1S/C21H30O3/c1-15(13-19(22)23-6)9-7-10-16(2)17-14-18-20(3,4)11-8-12-21(18,5)24-17/h7,9-10,13-14,17H,8,11-12H2,1-6H3/b9-7+,15-13-,16-10+/t17-,21-/m1/s1. The van der Waals surface area contributed by atoms with E-state index in [1.165, 1.54) is 37.2 Å². The molecule has 0 aromatic heterocycles. The van der Waals surface area contributed by atoms with Gasteiger partial charge in [-0.25, -0.2) is 4.79 Å². The van der Waals surface area contributed by atoms with Gasteiger partial charge in [0.05, 0.1) is 18.8 Å². The van der Waals surface area contributed by atoms with Crippen molar-refractivity contribution >= 4 is 5.97 Å². The molecule has 2 rings (SSSR count). The molecule has 3 heteroatoms. The lowest BCUT2D eigenvalue weighted by Gasteiger charge is -2.42. The van der Waals surface area contributed by atoms with Crippen LogP contribution in [0.4, 0.5) is 0 Å². The molecule has 0 N–H and O–H groups in total. The van der Waals surface area contributed by atoms with Crippen LogP contribution in [0.15, 0.2) is 47.1 Å². The Kier molecular flexibility index (Phi) is 5.54. The predicted molar refractivity (Wildman–Crippen MR) is 97.7 cm³/mol. The highest BCUT2D eigenvalue weighted by Gasteiger charge is 2.47. The Morgan fingerprint density at radius 3 is 2.62 bits per heavy atom. The molecule has 3 nitrogen and oxygen atoms in total. The number of rotatable bonds is 4. The Hall–Kier alpha value is -1.61. The summed E-state index contributed by atoms with van der Waals surface area (Å²) in [6.45, 7) is 10.8. The summed E-state index contributed by atoms with van der Waals surface area (Å²) in [4.78, 5) is 11.2. The molecule has 0 saturated heterocycles. The molecule has 0 radical (unpaired) electrons. The third kappa shape index (κ3) is 4.07. The minimum absolute atomic E-state index is 0.0388. The van der Waals surface area contributed by atoms with Gasteiger partial charge in [-0.1, -0.05) is 32.1 Å². The molecule has 2 aliphatic rings. The molecule has 1 heterocycles. The second kappa shape index (κ2) is 7.10. The normalized spacial score (nSPS) is 30.2. The summed E-state index contributed by atoms with van der Waals surface area (Å²) in [5.74, 6) is -0.332. The Morgan fingerprint density at radius 2 is 2.00 bits per heavy atom. The lowest BCUT2D eigenvalue weighted by atomic mass is 9.67. The van der Waals surface area contributed by atoms with Crippen LogP contribution in [0.2, 0.25) is 0 Å². The van der Waals surface area contributed by atoms with Crippen LogP contribution in [0, 0.1) is 5.41 Å². The first kappa shape index (κ1) is 18.7. The van der Waals surface area contributed by atoms with E-state index in [0.29, 0.717) is 0 Å². The van der Waals surface area contributed by atoms with Crippen molar-refractivity contribution in [2.75, 3.05) is 7.11 Å². The zero-order chi connectivity index (χ0) is 18.0. The van der Waals surface area contributed by atoms with Gasteiger partial charge in [0, 0.05) is 6.08 Å². The first-order valence-corrected chi connectivity index (χ1v) is 8.70. The Bertz CT molecular complexity index is 619. The average Bonchev–Trinajstić information content (AvgIpc) is 2.86. The summed E-state index contributed by atoms with van der Waals surface area (Å²) < 4.78 is 11.0. The van der Waals surface area contributed by atoms with E-state index >= 15 is 0 Å². The average molecular weight is 330 g/mol. The van der Waals surface area contributed by atoms with Crippen molar-refractivity contribution in [3.63, 3.8) is 0 Å². The molecule has 24 heavy (non-hydrogen) atoms. The van der Waals surface area contributed by atoms with Crippen molar-refractivity contribution in [1.82, 2.24) is 0 Å². The zero-order valence-electron chi connectivity index (χ0n) is 15.8. The molecule has 1 aliphatic heterocycles. The van der Waals surface area contributed by atoms with Gasteiger partial charge in [0.1, 0.15) is 0 Å². The molecule has 1 aliphatic carbocycles. The topological polar surface area (TPSA) is 35.5 Å². The number of hydrogen-bond acceptors (Lipinski definition) is 3. The van der Waals surface area contributed by atoms with E-state index in [4.69, 9.17) is 4.74 Å². The molecule has 2 atom stereocenters. The third-order valence-electron chi connectivity index (χ3n) is 5.17. The maximum Gasteiger partial charge on any atom is 0.330 e. The fourth-order valence-corrected chi connectivity index (χ4v) is 3.81. The highest BCUT2D eigenvalue weighted by Crippen LogP contribution is 2.51. The van der Waals surface area contributed by atoms with E-state index in [0.717, 1.165) is 12.0 Å². The van der Waals surface area contributed by atoms with E-state index in [2.05, 4.69) is 44.6 Å². The molecular weight excluding hydrogens is 300 g/mol. The quantitative estimate of drug-likeness (QED) is 0.318. The molecular formula is C21H30O3. The van der Waals surface area contributed by atoms with Gasteiger partial charge in [-0.3, -0.25) is 0 Å². The van der Waals surface area contributed by atoms with Crippen LogP contribution in [-0.4, -0.2) is 24.8 Å². The summed E-state index contributed by atoms with van der Waals surface area (Å²) in [7, 11) is 1.38. The monoisotopic (exact) mass is 330 g/mol. The van der Waals surface area contributed by atoms with Crippen LogP contribution in [0.1, 0.15) is 53.9 Å². The van der Waals surface area contributed by atoms with E-state index in [9.17, 15) is 4.79 Å². The lowest BCUT2D eigenvalue weighted by Crippen LogP contribution is -2.39. The number of allylic oxidation sites excluding steroid dienone is 4. The maximum atomic E-state index is 11.2. The van der Waals surface area contributed by atoms with Crippen molar-refractivity contribution in [2.24, 2.45) is 5.41 Å². The number of fused-ring (bicyclic) bond motifs is 1. The molecule has 0 amide bonds. The largest absolute Gasteiger partial charge is 0.466 e. The van der Waals surface area contributed by atoms with E-state index < -0.39 is 0 Å². The third-order valence-corrected chi connectivity index (χ3v) is 5.17. The SMILES string of the molecule is COC(=O)\C=C(C)/C=C/C=C(\C)[C@H]1C=C2C(C)(C)CCC[C@@]2(C)O1. The molecule has 1 fully saturated rings. The number of carbonyl (C=O) groups excluding carboxylic acids is 1. The summed E-state index contributed by atoms with van der Waals surface area (Å²) in [6, 6.07) is 0. The Labute approximate surface area is 146 Å².